The lowest BCUT2D eigenvalue weighted by Gasteiger charge is -2.32. The van der Waals surface area contributed by atoms with Crippen LogP contribution in [0, 0.1) is 0 Å². The van der Waals surface area contributed by atoms with Crippen LogP contribution in [-0.4, -0.2) is 48.5 Å². The summed E-state index contributed by atoms with van der Waals surface area (Å²) in [6, 6.07) is 20.3. The molecule has 6 rings (SSSR count). The van der Waals surface area contributed by atoms with Crippen LogP contribution in [0.3, 0.4) is 0 Å². The average molecular weight is 575 g/mol. The maximum atomic E-state index is 13.8. The van der Waals surface area contributed by atoms with Gasteiger partial charge in [-0.15, -0.1) is 11.3 Å². The molecule has 0 spiro atoms. The molecular weight excluding hydrogens is 544 g/mol. The van der Waals surface area contributed by atoms with E-state index in [0.717, 1.165) is 18.4 Å². The molecule has 40 heavy (non-hydrogen) atoms. The van der Waals surface area contributed by atoms with Crippen molar-refractivity contribution >= 4 is 49.1 Å². The number of carbonyl (C=O) groups excluding carboxylic acids is 2. The Kier molecular flexibility index (Phi) is 7.29. The highest BCUT2D eigenvalue weighted by Gasteiger charge is 2.37. The van der Waals surface area contributed by atoms with Gasteiger partial charge >= 0.3 is 0 Å². The number of sulfonamides is 1. The molecule has 0 radical (unpaired) electrons. The monoisotopic (exact) mass is 574 g/mol. The number of fused-ring (bicyclic) bond motifs is 1. The van der Waals surface area contributed by atoms with E-state index in [1.807, 2.05) is 41.3 Å². The zero-order valence-electron chi connectivity index (χ0n) is 21.9. The molecule has 2 fully saturated rings. The minimum Gasteiger partial charge on any atom is -0.379 e. The summed E-state index contributed by atoms with van der Waals surface area (Å²) >= 11 is 1.28. The van der Waals surface area contributed by atoms with Gasteiger partial charge in [0.2, 0.25) is 10.0 Å². The number of pyridine rings is 1. The molecule has 8 nitrogen and oxygen atoms in total. The van der Waals surface area contributed by atoms with Crippen LogP contribution >= 0.6 is 11.3 Å². The molecule has 2 amide bonds. The standard InChI is InChI=1S/C30H30N4O4S2/c35-29(33-40(37,38)23-11-12-23)25-19-39-28-26(31-17-20-7-3-1-4-8-20)24(18-32-27(25)28)30(36)34-15-13-22(14-16-34)21-9-5-2-6-10-21/h1-10,18-19,22-23H,11-17H2,(H,31,32)(H,33,35). The number of carbonyl (C=O) groups is 2. The molecule has 2 aromatic carbocycles. The second-order valence-electron chi connectivity index (χ2n) is 10.4. The van der Waals surface area contributed by atoms with E-state index in [9.17, 15) is 18.0 Å². The van der Waals surface area contributed by atoms with Crippen molar-refractivity contribution < 1.29 is 18.0 Å². The van der Waals surface area contributed by atoms with Gasteiger partial charge in [0.1, 0.15) is 0 Å². The molecular formula is C30H30N4O4S2. The van der Waals surface area contributed by atoms with Crippen LogP contribution < -0.4 is 10.0 Å². The molecule has 0 unspecified atom stereocenters. The van der Waals surface area contributed by atoms with Crippen LogP contribution in [0.1, 0.15) is 63.4 Å². The van der Waals surface area contributed by atoms with Crippen LogP contribution in [0.4, 0.5) is 5.69 Å². The second kappa shape index (κ2) is 11.0. The Hall–Kier alpha value is -3.76. The first-order valence-corrected chi connectivity index (χ1v) is 15.9. The van der Waals surface area contributed by atoms with Gasteiger partial charge in [-0.1, -0.05) is 60.7 Å². The second-order valence-corrected chi connectivity index (χ2v) is 13.2. The first kappa shape index (κ1) is 26.5. The normalized spacial score (nSPS) is 16.1. The van der Waals surface area contributed by atoms with Crippen molar-refractivity contribution in [3.05, 3.63) is 94.5 Å². The number of rotatable bonds is 8. The lowest BCUT2D eigenvalue weighted by molar-refractivity contribution is 0.0713. The van der Waals surface area contributed by atoms with E-state index < -0.39 is 21.2 Å². The predicted molar refractivity (Wildman–Crippen MR) is 157 cm³/mol. The maximum absolute atomic E-state index is 13.8. The molecule has 0 bridgehead atoms. The van der Waals surface area contributed by atoms with Crippen molar-refractivity contribution in [1.82, 2.24) is 14.6 Å². The third kappa shape index (κ3) is 5.46. The van der Waals surface area contributed by atoms with Gasteiger partial charge in [-0.3, -0.25) is 14.6 Å². The highest BCUT2D eigenvalue weighted by Crippen LogP contribution is 2.36. The number of amides is 2. The summed E-state index contributed by atoms with van der Waals surface area (Å²) in [5.74, 6) is -0.374. The quantitative estimate of drug-likeness (QED) is 0.301. The molecule has 4 aromatic rings. The highest BCUT2D eigenvalue weighted by molar-refractivity contribution is 7.91. The zero-order valence-corrected chi connectivity index (χ0v) is 23.5. The summed E-state index contributed by atoms with van der Waals surface area (Å²) in [7, 11) is -3.70. The third-order valence-electron chi connectivity index (χ3n) is 7.62. The summed E-state index contributed by atoms with van der Waals surface area (Å²) < 4.78 is 27.6. The van der Waals surface area contributed by atoms with E-state index in [4.69, 9.17) is 0 Å². The number of likely N-dealkylation sites (tertiary alicyclic amines) is 1. The number of nitrogens with zero attached hydrogens (tertiary/aromatic N) is 2. The Morgan fingerprint density at radius 2 is 1.60 bits per heavy atom. The smallest absolute Gasteiger partial charge is 0.267 e. The first-order chi connectivity index (χ1) is 19.4. The molecule has 10 heteroatoms. The fourth-order valence-electron chi connectivity index (χ4n) is 5.22. The number of thiophene rings is 1. The van der Waals surface area contributed by atoms with E-state index >= 15 is 0 Å². The van der Waals surface area contributed by atoms with Gasteiger partial charge in [-0.05, 0) is 42.7 Å². The van der Waals surface area contributed by atoms with Crippen molar-refractivity contribution in [2.24, 2.45) is 0 Å². The van der Waals surface area contributed by atoms with Crippen molar-refractivity contribution in [1.29, 1.82) is 0 Å². The molecule has 206 valence electrons. The SMILES string of the molecule is O=C(NS(=O)(=O)C1CC1)c1csc2c(NCc3ccccc3)c(C(=O)N3CCC(c4ccccc4)CC3)cnc12. The maximum Gasteiger partial charge on any atom is 0.267 e. The summed E-state index contributed by atoms with van der Waals surface area (Å²) in [4.78, 5) is 33.2. The van der Waals surface area contributed by atoms with Crippen molar-refractivity contribution in [3.63, 3.8) is 0 Å². The zero-order chi connectivity index (χ0) is 27.7. The van der Waals surface area contributed by atoms with Gasteiger partial charge in [-0.25, -0.2) is 13.1 Å². The molecule has 3 heterocycles. The fraction of sp³-hybridized carbons (Fsp3) is 0.300. The van der Waals surface area contributed by atoms with Crippen LogP contribution in [0.5, 0.6) is 0 Å². The lowest BCUT2D eigenvalue weighted by atomic mass is 9.89. The number of benzene rings is 2. The fourth-order valence-corrected chi connectivity index (χ4v) is 7.54. The Labute approximate surface area is 237 Å². The van der Waals surface area contributed by atoms with Gasteiger partial charge < -0.3 is 10.2 Å². The van der Waals surface area contributed by atoms with E-state index in [1.165, 1.54) is 23.1 Å². The minimum atomic E-state index is -3.70. The molecule has 2 N–H and O–H groups in total. The molecule has 1 aliphatic carbocycles. The van der Waals surface area contributed by atoms with E-state index in [0.29, 0.717) is 59.9 Å². The molecule has 1 saturated carbocycles. The minimum absolute atomic E-state index is 0.104. The summed E-state index contributed by atoms with van der Waals surface area (Å²) in [5, 5.41) is 4.54. The number of anilines is 1. The molecule has 0 atom stereocenters. The molecule has 1 saturated heterocycles. The Bertz CT molecular complexity index is 1640. The van der Waals surface area contributed by atoms with Crippen LogP contribution in [0.25, 0.3) is 10.2 Å². The first-order valence-electron chi connectivity index (χ1n) is 13.5. The highest BCUT2D eigenvalue weighted by atomic mass is 32.2. The Balaban J connectivity index is 1.28. The topological polar surface area (TPSA) is 108 Å². The van der Waals surface area contributed by atoms with Crippen LogP contribution in [0.2, 0.25) is 0 Å². The largest absolute Gasteiger partial charge is 0.379 e. The average Bonchev–Trinajstić information content (AvgIpc) is 3.76. The Morgan fingerprint density at radius 1 is 0.925 bits per heavy atom. The van der Waals surface area contributed by atoms with Gasteiger partial charge in [-0.2, -0.15) is 0 Å². The number of aromatic nitrogens is 1. The Morgan fingerprint density at radius 3 is 2.27 bits per heavy atom. The van der Waals surface area contributed by atoms with Crippen molar-refractivity contribution in [2.45, 2.75) is 43.4 Å². The summed E-state index contributed by atoms with van der Waals surface area (Å²) in [5.41, 5.74) is 3.97. The molecule has 2 aromatic heterocycles. The lowest BCUT2D eigenvalue weighted by Crippen LogP contribution is -2.38. The molecule has 1 aliphatic heterocycles. The van der Waals surface area contributed by atoms with Gasteiger partial charge in [0.25, 0.3) is 11.8 Å². The number of nitrogens with one attached hydrogen (secondary N) is 2. The summed E-state index contributed by atoms with van der Waals surface area (Å²) in [6.07, 6.45) is 4.41. The molecule has 2 aliphatic rings. The summed E-state index contributed by atoms with van der Waals surface area (Å²) in [6.45, 7) is 1.77. The van der Waals surface area contributed by atoms with Crippen LogP contribution in [-0.2, 0) is 16.6 Å². The van der Waals surface area contributed by atoms with Crippen LogP contribution in [0.15, 0.2) is 72.2 Å². The van der Waals surface area contributed by atoms with Gasteiger partial charge in [0.15, 0.2) is 0 Å². The van der Waals surface area contributed by atoms with Crippen molar-refractivity contribution in [3.8, 4) is 0 Å². The number of hydrogen-bond acceptors (Lipinski definition) is 7. The third-order valence-corrected chi connectivity index (χ3v) is 10.4. The number of piperidine rings is 1. The van der Waals surface area contributed by atoms with Gasteiger partial charge in [0, 0.05) is 31.2 Å². The predicted octanol–water partition coefficient (Wildman–Crippen LogP) is 5.15. The van der Waals surface area contributed by atoms with Crippen molar-refractivity contribution in [2.75, 3.05) is 18.4 Å². The number of hydrogen-bond donors (Lipinski definition) is 2. The van der Waals surface area contributed by atoms with E-state index in [-0.39, 0.29) is 11.5 Å². The van der Waals surface area contributed by atoms with E-state index in [1.54, 1.807) is 5.38 Å². The van der Waals surface area contributed by atoms with E-state index in [2.05, 4.69) is 39.3 Å². The van der Waals surface area contributed by atoms with Gasteiger partial charge in [0.05, 0.1) is 32.3 Å².